The average molecular weight is 625 g/mol. The summed E-state index contributed by atoms with van der Waals surface area (Å²) in [5.41, 5.74) is 1.60. The standard InChI is InChI=1S/C34H48N4O3S2/c1-3-4-5-6-10-25-41-28-11-14-30(15-12-28)43(39,40)33-27-35-32-16-13-29(42-2)26-31(32)34(33)38-23-21-37(22-24-38)20-19-36-17-8-7-9-18-36/h11-16,26-27H,3-10,17-25H2,1-2H3. The molecule has 2 aliphatic rings. The molecule has 0 atom stereocenters. The van der Waals surface area contributed by atoms with Crippen molar-refractivity contribution in [1.29, 1.82) is 0 Å². The van der Waals surface area contributed by atoms with Crippen LogP contribution >= 0.6 is 11.8 Å². The first-order valence-corrected chi connectivity index (χ1v) is 18.8. The number of rotatable bonds is 14. The molecule has 9 heteroatoms. The molecule has 7 nitrogen and oxygen atoms in total. The van der Waals surface area contributed by atoms with Gasteiger partial charge in [-0.15, -0.1) is 11.8 Å². The van der Waals surface area contributed by atoms with Crippen LogP contribution in [0.4, 0.5) is 5.69 Å². The molecule has 2 saturated heterocycles. The predicted octanol–water partition coefficient (Wildman–Crippen LogP) is 6.75. The van der Waals surface area contributed by atoms with Gasteiger partial charge in [-0.2, -0.15) is 0 Å². The minimum atomic E-state index is -3.81. The number of anilines is 1. The summed E-state index contributed by atoms with van der Waals surface area (Å²) >= 11 is 1.66. The van der Waals surface area contributed by atoms with Crippen molar-refractivity contribution < 1.29 is 13.2 Å². The van der Waals surface area contributed by atoms with Crippen LogP contribution in [0.2, 0.25) is 0 Å². The highest BCUT2D eigenvalue weighted by molar-refractivity contribution is 7.98. The van der Waals surface area contributed by atoms with Gasteiger partial charge in [0.25, 0.3) is 0 Å². The van der Waals surface area contributed by atoms with E-state index in [4.69, 9.17) is 4.74 Å². The molecular formula is C34H48N4O3S2. The molecule has 0 unspecified atom stereocenters. The summed E-state index contributed by atoms with van der Waals surface area (Å²) in [4.78, 5) is 13.7. The molecule has 5 rings (SSSR count). The van der Waals surface area contributed by atoms with E-state index in [-0.39, 0.29) is 9.79 Å². The SMILES string of the molecule is CCCCCCCOc1ccc(S(=O)(=O)c2cnc3ccc(SC)cc3c2N2CCN(CCN3CCCCC3)CC2)cc1. The molecule has 2 aromatic carbocycles. The van der Waals surface area contributed by atoms with Gasteiger partial charge < -0.3 is 14.5 Å². The zero-order valence-electron chi connectivity index (χ0n) is 26.0. The van der Waals surface area contributed by atoms with Crippen LogP contribution in [-0.4, -0.2) is 88.4 Å². The summed E-state index contributed by atoms with van der Waals surface area (Å²) in [6, 6.07) is 13.1. The van der Waals surface area contributed by atoms with Crippen LogP contribution in [0.5, 0.6) is 5.75 Å². The molecule has 3 aromatic rings. The van der Waals surface area contributed by atoms with Gasteiger partial charge >= 0.3 is 0 Å². The number of pyridine rings is 1. The smallest absolute Gasteiger partial charge is 0.210 e. The number of thioether (sulfide) groups is 1. The van der Waals surface area contributed by atoms with Crippen molar-refractivity contribution in [1.82, 2.24) is 14.8 Å². The summed E-state index contributed by atoms with van der Waals surface area (Å²) in [6.45, 7) is 10.9. The fourth-order valence-electron chi connectivity index (χ4n) is 6.19. The second-order valence-electron chi connectivity index (χ2n) is 11.8. The molecule has 0 spiro atoms. The number of sulfone groups is 1. The maximum atomic E-state index is 14.2. The first kappa shape index (κ1) is 32.1. The number of aromatic nitrogens is 1. The number of nitrogens with zero attached hydrogens (tertiary/aromatic N) is 4. The van der Waals surface area contributed by atoms with E-state index in [2.05, 4.69) is 38.7 Å². The van der Waals surface area contributed by atoms with Crippen molar-refractivity contribution in [2.45, 2.75) is 73.0 Å². The Morgan fingerprint density at radius 2 is 1.53 bits per heavy atom. The van der Waals surface area contributed by atoms with Gasteiger partial charge in [-0.25, -0.2) is 8.42 Å². The van der Waals surface area contributed by atoms with Crippen LogP contribution in [0.25, 0.3) is 10.9 Å². The zero-order chi connectivity index (χ0) is 30.1. The van der Waals surface area contributed by atoms with Crippen LogP contribution in [0.15, 0.2) is 63.3 Å². The summed E-state index contributed by atoms with van der Waals surface area (Å²) in [5, 5.41) is 0.901. The lowest BCUT2D eigenvalue weighted by Crippen LogP contribution is -2.49. The molecule has 0 bridgehead atoms. The quantitative estimate of drug-likeness (QED) is 0.144. The minimum absolute atomic E-state index is 0.270. The van der Waals surface area contributed by atoms with Gasteiger partial charge in [0.1, 0.15) is 10.6 Å². The third-order valence-electron chi connectivity index (χ3n) is 8.82. The first-order valence-electron chi connectivity index (χ1n) is 16.1. The molecule has 1 aromatic heterocycles. The van der Waals surface area contributed by atoms with E-state index in [0.29, 0.717) is 12.4 Å². The number of benzene rings is 2. The van der Waals surface area contributed by atoms with Crippen LogP contribution in [0.1, 0.15) is 58.3 Å². The number of piperidine rings is 1. The van der Waals surface area contributed by atoms with E-state index in [1.54, 1.807) is 42.2 Å². The topological polar surface area (TPSA) is 66.0 Å². The average Bonchev–Trinajstić information content (AvgIpc) is 3.05. The van der Waals surface area contributed by atoms with E-state index in [0.717, 1.165) is 73.6 Å². The number of unbranched alkanes of at least 4 members (excludes halogenated alkanes) is 4. The van der Waals surface area contributed by atoms with Crippen LogP contribution in [0, 0.1) is 0 Å². The largest absolute Gasteiger partial charge is 0.494 e. The monoisotopic (exact) mass is 624 g/mol. The molecule has 43 heavy (non-hydrogen) atoms. The molecule has 0 N–H and O–H groups in total. The van der Waals surface area contributed by atoms with E-state index < -0.39 is 9.84 Å². The fourth-order valence-corrected chi connectivity index (χ4v) is 8.06. The Bertz CT molecular complexity index is 1420. The van der Waals surface area contributed by atoms with Gasteiger partial charge in [-0.3, -0.25) is 9.88 Å². The van der Waals surface area contributed by atoms with Crippen molar-refractivity contribution in [2.75, 3.05) is 70.1 Å². The second kappa shape index (κ2) is 15.6. The number of hydrogen-bond donors (Lipinski definition) is 0. The highest BCUT2D eigenvalue weighted by atomic mass is 32.2. The third kappa shape index (κ3) is 8.24. The van der Waals surface area contributed by atoms with Crippen molar-refractivity contribution in [3.05, 3.63) is 48.7 Å². The number of fused-ring (bicyclic) bond motifs is 1. The first-order chi connectivity index (χ1) is 21.0. The fraction of sp³-hybridized carbons (Fsp3) is 0.559. The molecular weight excluding hydrogens is 577 g/mol. The van der Waals surface area contributed by atoms with Gasteiger partial charge in [0.05, 0.1) is 22.7 Å². The van der Waals surface area contributed by atoms with Crippen LogP contribution in [0.3, 0.4) is 0 Å². The van der Waals surface area contributed by atoms with Gasteiger partial charge in [0.2, 0.25) is 9.84 Å². The summed E-state index contributed by atoms with van der Waals surface area (Å²) < 4.78 is 34.3. The maximum Gasteiger partial charge on any atom is 0.210 e. The van der Waals surface area contributed by atoms with Gasteiger partial charge in [0.15, 0.2) is 0 Å². The summed E-state index contributed by atoms with van der Waals surface area (Å²) in [5.74, 6) is 0.705. The van der Waals surface area contributed by atoms with E-state index in [1.807, 2.05) is 12.3 Å². The lowest BCUT2D eigenvalue weighted by molar-refractivity contribution is 0.177. The van der Waals surface area contributed by atoms with E-state index in [1.165, 1.54) is 51.6 Å². The third-order valence-corrected chi connectivity index (χ3v) is 11.3. The Hall–Kier alpha value is -2.33. The minimum Gasteiger partial charge on any atom is -0.494 e. The Morgan fingerprint density at radius 3 is 2.23 bits per heavy atom. The van der Waals surface area contributed by atoms with Crippen molar-refractivity contribution in [3.63, 3.8) is 0 Å². The number of ether oxygens (including phenoxy) is 1. The molecule has 234 valence electrons. The highest BCUT2D eigenvalue weighted by Gasteiger charge is 2.29. The number of likely N-dealkylation sites (tertiary alicyclic amines) is 1. The summed E-state index contributed by atoms with van der Waals surface area (Å²) in [7, 11) is -3.81. The Balaban J connectivity index is 1.34. The van der Waals surface area contributed by atoms with Crippen LogP contribution in [-0.2, 0) is 9.84 Å². The van der Waals surface area contributed by atoms with Crippen LogP contribution < -0.4 is 9.64 Å². The van der Waals surface area contributed by atoms with Gasteiger partial charge in [-0.1, -0.05) is 39.0 Å². The van der Waals surface area contributed by atoms with Crippen molar-refractivity contribution in [3.8, 4) is 5.75 Å². The van der Waals surface area contributed by atoms with E-state index in [9.17, 15) is 8.42 Å². The number of hydrogen-bond acceptors (Lipinski definition) is 8. The molecule has 0 aliphatic carbocycles. The highest BCUT2D eigenvalue weighted by Crippen LogP contribution is 2.38. The molecule has 2 fully saturated rings. The molecule has 2 aliphatic heterocycles. The zero-order valence-corrected chi connectivity index (χ0v) is 27.6. The Labute approximate surface area is 262 Å². The molecule has 0 saturated carbocycles. The van der Waals surface area contributed by atoms with Crippen molar-refractivity contribution >= 4 is 38.2 Å². The van der Waals surface area contributed by atoms with E-state index >= 15 is 0 Å². The number of piperazine rings is 1. The normalized spacial score (nSPS) is 17.0. The Kier molecular flexibility index (Phi) is 11.6. The van der Waals surface area contributed by atoms with Gasteiger partial charge in [-0.05, 0) is 81.1 Å². The second-order valence-corrected chi connectivity index (χ2v) is 14.6. The lowest BCUT2D eigenvalue weighted by Gasteiger charge is -2.38. The molecule has 0 radical (unpaired) electrons. The summed E-state index contributed by atoms with van der Waals surface area (Å²) in [6.07, 6.45) is 13.5. The maximum absolute atomic E-state index is 14.2. The lowest BCUT2D eigenvalue weighted by atomic mass is 10.1. The molecule has 3 heterocycles. The Morgan fingerprint density at radius 1 is 0.837 bits per heavy atom. The van der Waals surface area contributed by atoms with Gasteiger partial charge in [0, 0.05) is 55.7 Å². The molecule has 0 amide bonds. The van der Waals surface area contributed by atoms with Crippen molar-refractivity contribution in [2.24, 2.45) is 0 Å². The predicted molar refractivity (Wildman–Crippen MR) is 179 cm³/mol.